The maximum absolute atomic E-state index is 12.0. The lowest BCUT2D eigenvalue weighted by Gasteiger charge is -2.23. The lowest BCUT2D eigenvalue weighted by atomic mass is 10.1. The van der Waals surface area contributed by atoms with Crippen molar-refractivity contribution < 1.29 is 4.79 Å². The molecule has 0 unspecified atom stereocenters. The van der Waals surface area contributed by atoms with Crippen molar-refractivity contribution in [2.24, 2.45) is 0 Å². The monoisotopic (exact) mass is 326 g/mol. The van der Waals surface area contributed by atoms with Gasteiger partial charge >= 0.3 is 0 Å². The van der Waals surface area contributed by atoms with Gasteiger partial charge in [-0.15, -0.1) is 24.2 Å². The van der Waals surface area contributed by atoms with E-state index >= 15 is 0 Å². The van der Waals surface area contributed by atoms with Gasteiger partial charge in [-0.05, 0) is 61.9 Å². The van der Waals surface area contributed by atoms with Gasteiger partial charge < -0.3 is 10.6 Å². The fraction of sp³-hybridized carbons (Fsp3) is 0.562. The second kappa shape index (κ2) is 8.06. The van der Waals surface area contributed by atoms with E-state index in [9.17, 15) is 4.79 Å². The lowest BCUT2D eigenvalue weighted by Crippen LogP contribution is -2.46. The minimum absolute atomic E-state index is 0. The number of aryl methyl sites for hydroxylation is 2. The van der Waals surface area contributed by atoms with E-state index in [-0.39, 0.29) is 18.3 Å². The molecule has 21 heavy (non-hydrogen) atoms. The first-order chi connectivity index (χ1) is 9.81. The highest BCUT2D eigenvalue weighted by Gasteiger charge is 2.16. The topological polar surface area (TPSA) is 41.1 Å². The van der Waals surface area contributed by atoms with Crippen molar-refractivity contribution in [3.63, 3.8) is 0 Å². The molecule has 0 saturated carbocycles. The summed E-state index contributed by atoms with van der Waals surface area (Å²) in [5.41, 5.74) is 2.97. The molecule has 0 aromatic heterocycles. The van der Waals surface area contributed by atoms with Gasteiger partial charge in [0, 0.05) is 17.5 Å². The zero-order valence-corrected chi connectivity index (χ0v) is 13.8. The number of fused-ring (bicyclic) bond motifs is 1. The van der Waals surface area contributed by atoms with E-state index in [1.165, 1.54) is 35.3 Å². The van der Waals surface area contributed by atoms with Crippen LogP contribution in [0, 0.1) is 0 Å². The van der Waals surface area contributed by atoms with E-state index in [4.69, 9.17) is 0 Å². The van der Waals surface area contributed by atoms with Gasteiger partial charge in [0.1, 0.15) is 0 Å². The average Bonchev–Trinajstić information content (AvgIpc) is 2.93. The molecule has 1 amide bonds. The van der Waals surface area contributed by atoms with E-state index in [0.717, 1.165) is 25.9 Å². The fourth-order valence-electron chi connectivity index (χ4n) is 3.03. The summed E-state index contributed by atoms with van der Waals surface area (Å²) in [5.74, 6) is 0.680. The van der Waals surface area contributed by atoms with E-state index in [0.29, 0.717) is 11.8 Å². The van der Waals surface area contributed by atoms with Crippen molar-refractivity contribution in [1.29, 1.82) is 0 Å². The van der Waals surface area contributed by atoms with Gasteiger partial charge in [-0.3, -0.25) is 4.79 Å². The normalized spacial score (nSPS) is 20.5. The summed E-state index contributed by atoms with van der Waals surface area (Å²) in [7, 11) is 0. The minimum atomic E-state index is 0. The number of halogens is 1. The molecule has 1 aromatic rings. The second-order valence-electron chi connectivity index (χ2n) is 5.68. The van der Waals surface area contributed by atoms with E-state index < -0.39 is 0 Å². The first-order valence-corrected chi connectivity index (χ1v) is 8.54. The van der Waals surface area contributed by atoms with Crippen molar-refractivity contribution in [2.45, 2.75) is 43.0 Å². The molecule has 1 aliphatic carbocycles. The van der Waals surface area contributed by atoms with Crippen LogP contribution in [-0.4, -0.2) is 30.8 Å². The number of carbonyl (C=O) groups is 1. The highest BCUT2D eigenvalue weighted by atomic mass is 35.5. The summed E-state index contributed by atoms with van der Waals surface area (Å²) in [5, 5.41) is 6.44. The zero-order chi connectivity index (χ0) is 13.8. The highest BCUT2D eigenvalue weighted by Crippen LogP contribution is 2.27. The van der Waals surface area contributed by atoms with Crippen molar-refractivity contribution in [2.75, 3.05) is 18.8 Å². The van der Waals surface area contributed by atoms with Gasteiger partial charge in [0.2, 0.25) is 5.91 Å². The number of hydrogen-bond donors (Lipinski definition) is 2. The lowest BCUT2D eigenvalue weighted by molar-refractivity contribution is -0.119. The Morgan fingerprint density at radius 1 is 1.29 bits per heavy atom. The van der Waals surface area contributed by atoms with Crippen LogP contribution in [0.4, 0.5) is 0 Å². The Morgan fingerprint density at radius 3 is 2.95 bits per heavy atom. The smallest absolute Gasteiger partial charge is 0.230 e. The van der Waals surface area contributed by atoms with Crippen molar-refractivity contribution >= 4 is 30.1 Å². The van der Waals surface area contributed by atoms with E-state index in [2.05, 4.69) is 28.8 Å². The molecule has 3 rings (SSSR count). The predicted octanol–water partition coefficient (Wildman–Crippen LogP) is 2.56. The van der Waals surface area contributed by atoms with Crippen LogP contribution in [0.2, 0.25) is 0 Å². The summed E-state index contributed by atoms with van der Waals surface area (Å²) in [4.78, 5) is 13.2. The van der Waals surface area contributed by atoms with Crippen LogP contribution in [0.5, 0.6) is 0 Å². The van der Waals surface area contributed by atoms with Crippen LogP contribution >= 0.6 is 24.2 Å². The molecule has 1 atom stereocenters. The number of nitrogens with one attached hydrogen (secondary N) is 2. The van der Waals surface area contributed by atoms with Gasteiger partial charge in [-0.1, -0.05) is 6.07 Å². The second-order valence-corrected chi connectivity index (χ2v) is 6.73. The molecule has 116 valence electrons. The Morgan fingerprint density at radius 2 is 2.14 bits per heavy atom. The van der Waals surface area contributed by atoms with E-state index in [1.54, 1.807) is 11.8 Å². The van der Waals surface area contributed by atoms with E-state index in [1.807, 2.05) is 0 Å². The van der Waals surface area contributed by atoms with Crippen LogP contribution in [-0.2, 0) is 17.6 Å². The first kappa shape index (κ1) is 16.7. The number of carbonyl (C=O) groups excluding carboxylic acids is 1. The molecule has 2 N–H and O–H groups in total. The quantitative estimate of drug-likeness (QED) is 0.836. The van der Waals surface area contributed by atoms with Gasteiger partial charge in [0.05, 0.1) is 5.75 Å². The number of benzene rings is 1. The first-order valence-electron chi connectivity index (χ1n) is 7.56. The maximum atomic E-state index is 12.0. The molecule has 1 aromatic carbocycles. The summed E-state index contributed by atoms with van der Waals surface area (Å²) in [6, 6.07) is 6.97. The van der Waals surface area contributed by atoms with Crippen molar-refractivity contribution in [1.82, 2.24) is 10.6 Å². The Labute approximate surface area is 137 Å². The molecule has 2 aliphatic rings. The standard InChI is InChI=1S/C16H22N2OS.ClH/c19-16(18-14-5-2-8-17-10-14)11-20-15-7-6-12-3-1-4-13(12)9-15;/h6-7,9,14,17H,1-5,8,10-11H2,(H,18,19);1H/t14-;/m0./s1. The molecule has 3 nitrogen and oxygen atoms in total. The molecule has 0 radical (unpaired) electrons. The van der Waals surface area contributed by atoms with Gasteiger partial charge in [0.25, 0.3) is 0 Å². The van der Waals surface area contributed by atoms with Gasteiger partial charge in [0.15, 0.2) is 0 Å². The number of rotatable bonds is 4. The molecule has 1 aliphatic heterocycles. The average molecular weight is 327 g/mol. The van der Waals surface area contributed by atoms with Crippen molar-refractivity contribution in [3.8, 4) is 0 Å². The van der Waals surface area contributed by atoms with Crippen LogP contribution < -0.4 is 10.6 Å². The van der Waals surface area contributed by atoms with Gasteiger partial charge in [-0.25, -0.2) is 0 Å². The van der Waals surface area contributed by atoms with Crippen LogP contribution in [0.3, 0.4) is 0 Å². The molecular formula is C16H23ClN2OS. The molecular weight excluding hydrogens is 304 g/mol. The Bertz CT molecular complexity index is 489. The molecule has 0 spiro atoms. The maximum Gasteiger partial charge on any atom is 0.230 e. The predicted molar refractivity (Wildman–Crippen MR) is 90.5 cm³/mol. The number of amides is 1. The third-order valence-corrected chi connectivity index (χ3v) is 5.10. The highest BCUT2D eigenvalue weighted by molar-refractivity contribution is 8.00. The van der Waals surface area contributed by atoms with Crippen LogP contribution in [0.1, 0.15) is 30.4 Å². The molecule has 1 fully saturated rings. The van der Waals surface area contributed by atoms with Crippen LogP contribution in [0.25, 0.3) is 0 Å². The molecule has 1 saturated heterocycles. The summed E-state index contributed by atoms with van der Waals surface area (Å²) < 4.78 is 0. The number of piperidine rings is 1. The zero-order valence-electron chi connectivity index (χ0n) is 12.2. The summed E-state index contributed by atoms with van der Waals surface area (Å²) in [6.45, 7) is 1.99. The molecule has 1 heterocycles. The Kier molecular flexibility index (Phi) is 6.40. The van der Waals surface area contributed by atoms with Gasteiger partial charge in [-0.2, -0.15) is 0 Å². The molecule has 5 heteroatoms. The minimum Gasteiger partial charge on any atom is -0.351 e. The Hall–Kier alpha value is -0.710. The SMILES string of the molecule is Cl.O=C(CSc1ccc2c(c1)CCC2)N[C@H]1CCCNC1. The third-order valence-electron chi connectivity index (χ3n) is 4.10. The molecule has 0 bridgehead atoms. The number of hydrogen-bond acceptors (Lipinski definition) is 3. The van der Waals surface area contributed by atoms with Crippen molar-refractivity contribution in [3.05, 3.63) is 29.3 Å². The Balaban J connectivity index is 0.00000161. The summed E-state index contributed by atoms with van der Waals surface area (Å²) in [6.07, 6.45) is 5.95. The number of thioether (sulfide) groups is 1. The van der Waals surface area contributed by atoms with Crippen LogP contribution in [0.15, 0.2) is 23.1 Å². The fourth-order valence-corrected chi connectivity index (χ4v) is 3.80. The third kappa shape index (κ3) is 4.63. The summed E-state index contributed by atoms with van der Waals surface area (Å²) >= 11 is 1.65. The largest absolute Gasteiger partial charge is 0.351 e.